The summed E-state index contributed by atoms with van der Waals surface area (Å²) < 4.78 is 1.07. The molecule has 1 heterocycles. The minimum Gasteiger partial charge on any atom is -0.256 e. The molecule has 0 fully saturated rings. The summed E-state index contributed by atoms with van der Waals surface area (Å²) in [5.74, 6) is 0. The van der Waals surface area contributed by atoms with E-state index in [1.165, 1.54) is 0 Å². The molecule has 0 aliphatic rings. The van der Waals surface area contributed by atoms with Crippen LogP contribution in [0.15, 0.2) is 22.8 Å². The minimum absolute atomic E-state index is 0.797. The van der Waals surface area contributed by atoms with E-state index >= 15 is 0 Å². The molecule has 1 aromatic carbocycles. The fourth-order valence-corrected chi connectivity index (χ4v) is 1.97. The van der Waals surface area contributed by atoms with Gasteiger partial charge in [-0.15, -0.1) is 0 Å². The number of halogens is 2. The zero-order chi connectivity index (χ0) is 10.3. The first kappa shape index (κ1) is 9.94. The van der Waals surface area contributed by atoms with Crippen LogP contribution < -0.4 is 0 Å². The zero-order valence-electron chi connectivity index (χ0n) is 7.94. The summed E-state index contributed by atoms with van der Waals surface area (Å²) >= 11 is 9.67. The molecule has 0 saturated heterocycles. The molecule has 0 spiro atoms. The number of pyridine rings is 1. The van der Waals surface area contributed by atoms with Gasteiger partial charge in [0.1, 0.15) is 0 Å². The predicted octanol–water partition coefficient (Wildman–Crippen LogP) is 4.27. The average Bonchev–Trinajstić information content (AvgIpc) is 2.17. The number of fused-ring (bicyclic) bond motifs is 1. The summed E-state index contributed by atoms with van der Waals surface area (Å²) in [4.78, 5) is 4.39. The van der Waals surface area contributed by atoms with Gasteiger partial charge in [-0.1, -0.05) is 33.6 Å². The number of aromatic nitrogens is 1. The first-order valence-corrected chi connectivity index (χ1v) is 5.48. The maximum absolute atomic E-state index is 6.20. The molecule has 14 heavy (non-hydrogen) atoms. The van der Waals surface area contributed by atoms with Crippen molar-refractivity contribution in [2.24, 2.45) is 0 Å². The molecule has 3 heteroatoms. The van der Waals surface area contributed by atoms with Gasteiger partial charge in [0.2, 0.25) is 0 Å². The van der Waals surface area contributed by atoms with Crippen molar-refractivity contribution in [3.05, 3.63) is 39.0 Å². The summed E-state index contributed by atoms with van der Waals surface area (Å²) in [7, 11) is 0. The Kier molecular flexibility index (Phi) is 2.50. The lowest BCUT2D eigenvalue weighted by Gasteiger charge is -2.06. The summed E-state index contributed by atoms with van der Waals surface area (Å²) in [5, 5.41) is 1.82. The number of hydrogen-bond acceptors (Lipinski definition) is 1. The maximum atomic E-state index is 6.20. The van der Waals surface area contributed by atoms with E-state index in [1.807, 2.05) is 32.2 Å². The van der Waals surface area contributed by atoms with Crippen LogP contribution in [0.1, 0.15) is 11.1 Å². The lowest BCUT2D eigenvalue weighted by Crippen LogP contribution is -1.88. The number of rotatable bonds is 0. The van der Waals surface area contributed by atoms with Gasteiger partial charge in [-0.05, 0) is 31.0 Å². The van der Waals surface area contributed by atoms with Gasteiger partial charge in [0, 0.05) is 16.1 Å². The largest absolute Gasteiger partial charge is 0.256 e. The molecular weight excluding hydrogens is 261 g/mol. The normalized spacial score (nSPS) is 10.9. The minimum atomic E-state index is 0.797. The summed E-state index contributed by atoms with van der Waals surface area (Å²) in [6, 6.07) is 4.00. The molecule has 0 bridgehead atoms. The van der Waals surface area contributed by atoms with Crippen LogP contribution in [-0.4, -0.2) is 4.98 Å². The molecule has 1 aromatic heterocycles. The number of benzene rings is 1. The standard InChI is InChI=1S/C11H9BrClN/c1-6-5-14-11-7(2)9(12)4-3-8(11)10(6)13/h3-5H,1-2H3. The molecule has 0 unspecified atom stereocenters. The van der Waals surface area contributed by atoms with E-state index in [9.17, 15) is 0 Å². The Balaban J connectivity index is 2.94. The van der Waals surface area contributed by atoms with E-state index < -0.39 is 0 Å². The van der Waals surface area contributed by atoms with Gasteiger partial charge < -0.3 is 0 Å². The van der Waals surface area contributed by atoms with Crippen molar-refractivity contribution in [2.75, 3.05) is 0 Å². The summed E-state index contributed by atoms with van der Waals surface area (Å²) in [6.45, 7) is 4.00. The van der Waals surface area contributed by atoms with Gasteiger partial charge >= 0.3 is 0 Å². The van der Waals surface area contributed by atoms with Crippen molar-refractivity contribution in [3.8, 4) is 0 Å². The Bertz CT molecular complexity index is 461. The van der Waals surface area contributed by atoms with Gasteiger partial charge in [0.15, 0.2) is 0 Å². The van der Waals surface area contributed by atoms with Crippen LogP contribution >= 0.6 is 27.5 Å². The van der Waals surface area contributed by atoms with Crippen LogP contribution in [0.4, 0.5) is 0 Å². The molecular formula is C11H9BrClN. The highest BCUT2D eigenvalue weighted by molar-refractivity contribution is 9.10. The van der Waals surface area contributed by atoms with E-state index in [-0.39, 0.29) is 0 Å². The molecule has 0 amide bonds. The molecule has 2 aromatic rings. The summed E-state index contributed by atoms with van der Waals surface area (Å²) in [5.41, 5.74) is 3.11. The third kappa shape index (κ3) is 1.43. The van der Waals surface area contributed by atoms with E-state index in [1.54, 1.807) is 0 Å². The van der Waals surface area contributed by atoms with Gasteiger partial charge in [-0.2, -0.15) is 0 Å². The second kappa shape index (κ2) is 3.52. The predicted molar refractivity (Wildman–Crippen MR) is 63.9 cm³/mol. The fraction of sp³-hybridized carbons (Fsp3) is 0.182. The third-order valence-corrected chi connectivity index (χ3v) is 3.70. The average molecular weight is 271 g/mol. The molecule has 1 nitrogen and oxygen atoms in total. The molecule has 2 rings (SSSR count). The maximum Gasteiger partial charge on any atom is 0.0757 e. The van der Waals surface area contributed by atoms with Gasteiger partial charge in [0.25, 0.3) is 0 Å². The van der Waals surface area contributed by atoms with Crippen LogP contribution in [0.5, 0.6) is 0 Å². The van der Waals surface area contributed by atoms with Crippen molar-refractivity contribution in [1.82, 2.24) is 4.98 Å². The first-order chi connectivity index (χ1) is 6.61. The molecule has 0 atom stereocenters. The Morgan fingerprint density at radius 1 is 1.29 bits per heavy atom. The van der Waals surface area contributed by atoms with E-state index in [4.69, 9.17) is 11.6 Å². The summed E-state index contributed by atoms with van der Waals surface area (Å²) in [6.07, 6.45) is 1.81. The topological polar surface area (TPSA) is 12.9 Å². The molecule has 0 N–H and O–H groups in total. The number of aryl methyl sites for hydroxylation is 2. The highest BCUT2D eigenvalue weighted by Crippen LogP contribution is 2.30. The smallest absolute Gasteiger partial charge is 0.0757 e. The van der Waals surface area contributed by atoms with Gasteiger partial charge in [-0.3, -0.25) is 4.98 Å². The molecule has 0 aliphatic carbocycles. The molecule has 0 radical (unpaired) electrons. The van der Waals surface area contributed by atoms with Crippen LogP contribution in [0.3, 0.4) is 0 Å². The van der Waals surface area contributed by atoms with Crippen LogP contribution in [0.25, 0.3) is 10.9 Å². The highest BCUT2D eigenvalue weighted by Gasteiger charge is 2.07. The van der Waals surface area contributed by atoms with Crippen molar-refractivity contribution < 1.29 is 0 Å². The second-order valence-electron chi connectivity index (χ2n) is 3.32. The highest BCUT2D eigenvalue weighted by atomic mass is 79.9. The Hall–Kier alpha value is -0.600. The fourth-order valence-electron chi connectivity index (χ4n) is 1.45. The van der Waals surface area contributed by atoms with Crippen molar-refractivity contribution >= 4 is 38.4 Å². The lowest BCUT2D eigenvalue weighted by atomic mass is 10.1. The molecule has 0 saturated carbocycles. The SMILES string of the molecule is Cc1cnc2c(C)c(Br)ccc2c1Cl. The van der Waals surface area contributed by atoms with Crippen molar-refractivity contribution in [2.45, 2.75) is 13.8 Å². The second-order valence-corrected chi connectivity index (χ2v) is 4.56. The van der Waals surface area contributed by atoms with Gasteiger partial charge in [-0.25, -0.2) is 0 Å². The molecule has 0 aliphatic heterocycles. The van der Waals surface area contributed by atoms with Crippen LogP contribution in [-0.2, 0) is 0 Å². The molecule has 72 valence electrons. The van der Waals surface area contributed by atoms with Crippen molar-refractivity contribution in [1.29, 1.82) is 0 Å². The Labute approximate surface area is 96.2 Å². The lowest BCUT2D eigenvalue weighted by molar-refractivity contribution is 1.30. The van der Waals surface area contributed by atoms with Gasteiger partial charge in [0.05, 0.1) is 10.5 Å². The monoisotopic (exact) mass is 269 g/mol. The van der Waals surface area contributed by atoms with E-state index in [2.05, 4.69) is 20.9 Å². The third-order valence-electron chi connectivity index (χ3n) is 2.33. The van der Waals surface area contributed by atoms with Crippen molar-refractivity contribution in [3.63, 3.8) is 0 Å². The van der Waals surface area contributed by atoms with Crippen LogP contribution in [0.2, 0.25) is 5.02 Å². The van der Waals surface area contributed by atoms with E-state index in [0.717, 1.165) is 31.5 Å². The van der Waals surface area contributed by atoms with Crippen LogP contribution in [0, 0.1) is 13.8 Å². The Morgan fingerprint density at radius 2 is 2.00 bits per heavy atom. The number of hydrogen-bond donors (Lipinski definition) is 0. The van der Waals surface area contributed by atoms with E-state index in [0.29, 0.717) is 0 Å². The zero-order valence-corrected chi connectivity index (χ0v) is 10.3. The first-order valence-electron chi connectivity index (χ1n) is 4.31. The number of nitrogens with zero attached hydrogens (tertiary/aromatic N) is 1. The Morgan fingerprint density at radius 3 is 2.71 bits per heavy atom. The quantitative estimate of drug-likeness (QED) is 0.697.